The summed E-state index contributed by atoms with van der Waals surface area (Å²) in [7, 11) is 0. The summed E-state index contributed by atoms with van der Waals surface area (Å²) >= 11 is 0. The van der Waals surface area contributed by atoms with Crippen molar-refractivity contribution in [3.63, 3.8) is 0 Å². The molecule has 4 atom stereocenters. The number of carbonyl (C=O) groups excluding carboxylic acids is 1. The number of carbonyl (C=O) groups is 1. The van der Waals surface area contributed by atoms with Crippen molar-refractivity contribution in [1.29, 1.82) is 0 Å². The van der Waals surface area contributed by atoms with Crippen molar-refractivity contribution < 1.29 is 9.53 Å². The molecular weight excluding hydrogens is 276 g/mol. The Balaban J connectivity index is 0.00000200. The van der Waals surface area contributed by atoms with Gasteiger partial charge in [-0.3, -0.25) is 4.79 Å². The van der Waals surface area contributed by atoms with Crippen molar-refractivity contribution >= 4 is 18.3 Å². The van der Waals surface area contributed by atoms with E-state index >= 15 is 0 Å². The van der Waals surface area contributed by atoms with Crippen LogP contribution < -0.4 is 5.73 Å². The minimum atomic E-state index is 0. The van der Waals surface area contributed by atoms with Crippen LogP contribution >= 0.6 is 12.4 Å². The molecule has 1 aliphatic carbocycles. The monoisotopic (exact) mass is 304 g/mol. The van der Waals surface area contributed by atoms with Gasteiger partial charge in [0.15, 0.2) is 0 Å². The molecule has 2 aliphatic rings. The average molecular weight is 305 g/mol. The predicted octanol–water partition coefficient (Wildman–Crippen LogP) is 2.34. The van der Waals surface area contributed by atoms with Crippen LogP contribution in [0, 0.1) is 5.92 Å². The average Bonchev–Trinajstić information content (AvgIpc) is 2.41. The summed E-state index contributed by atoms with van der Waals surface area (Å²) in [5.74, 6) is 0.668. The largest absolute Gasteiger partial charge is 0.375 e. The quantitative estimate of drug-likeness (QED) is 0.871. The van der Waals surface area contributed by atoms with Crippen molar-refractivity contribution in [2.75, 3.05) is 13.2 Å². The number of nitrogens with zero attached hydrogens (tertiary/aromatic N) is 1. The Bertz CT molecular complexity index is 314. The number of hydrogen-bond donors (Lipinski definition) is 1. The molecule has 1 heterocycles. The third kappa shape index (κ3) is 4.34. The highest BCUT2D eigenvalue weighted by atomic mass is 35.5. The highest BCUT2D eigenvalue weighted by molar-refractivity contribution is 5.85. The molecule has 0 aromatic heterocycles. The molecule has 0 spiro atoms. The van der Waals surface area contributed by atoms with Crippen LogP contribution in [0.25, 0.3) is 0 Å². The van der Waals surface area contributed by atoms with Crippen LogP contribution in [0.2, 0.25) is 0 Å². The van der Waals surface area contributed by atoms with Gasteiger partial charge in [-0.15, -0.1) is 12.4 Å². The number of halogens is 1. The summed E-state index contributed by atoms with van der Waals surface area (Å²) in [6.45, 7) is 5.58. The van der Waals surface area contributed by atoms with Crippen molar-refractivity contribution in [2.45, 2.75) is 70.6 Å². The maximum absolute atomic E-state index is 12.5. The van der Waals surface area contributed by atoms with Crippen molar-refractivity contribution in [2.24, 2.45) is 11.7 Å². The van der Waals surface area contributed by atoms with Crippen LogP contribution in [0.4, 0.5) is 0 Å². The predicted molar refractivity (Wildman–Crippen MR) is 83.0 cm³/mol. The first-order chi connectivity index (χ1) is 9.11. The van der Waals surface area contributed by atoms with Crippen molar-refractivity contribution in [3.05, 3.63) is 0 Å². The third-order valence-electron chi connectivity index (χ3n) is 4.66. The van der Waals surface area contributed by atoms with Gasteiger partial charge in [0.1, 0.15) is 0 Å². The van der Waals surface area contributed by atoms with Gasteiger partial charge < -0.3 is 15.4 Å². The van der Waals surface area contributed by atoms with Gasteiger partial charge in [0.05, 0.1) is 18.8 Å². The first kappa shape index (κ1) is 17.7. The molecule has 0 aromatic rings. The molecule has 0 radical (unpaired) electrons. The van der Waals surface area contributed by atoms with Crippen LogP contribution in [0.3, 0.4) is 0 Å². The minimum Gasteiger partial charge on any atom is -0.375 e. The van der Waals surface area contributed by atoms with E-state index in [1.807, 2.05) is 11.8 Å². The van der Waals surface area contributed by atoms with E-state index < -0.39 is 0 Å². The van der Waals surface area contributed by atoms with Gasteiger partial charge in [-0.25, -0.2) is 0 Å². The molecule has 20 heavy (non-hydrogen) atoms. The van der Waals surface area contributed by atoms with E-state index in [0.717, 1.165) is 25.8 Å². The van der Waals surface area contributed by atoms with Gasteiger partial charge in [-0.1, -0.05) is 19.8 Å². The van der Waals surface area contributed by atoms with Crippen molar-refractivity contribution in [3.8, 4) is 0 Å². The maximum atomic E-state index is 12.5. The molecule has 0 aromatic carbocycles. The Hall–Kier alpha value is -0.320. The number of rotatable bonds is 3. The fourth-order valence-corrected chi connectivity index (χ4v) is 3.32. The first-order valence-electron chi connectivity index (χ1n) is 7.78. The SMILES string of the molecule is CCC1COC(C)CN1C(=O)CC1CCCCC1N.Cl. The van der Waals surface area contributed by atoms with E-state index in [1.54, 1.807) is 0 Å². The molecule has 118 valence electrons. The molecule has 0 bridgehead atoms. The molecule has 5 heteroatoms. The highest BCUT2D eigenvalue weighted by Gasteiger charge is 2.32. The Kier molecular flexibility index (Phi) is 7.27. The Morgan fingerprint density at radius 2 is 2.05 bits per heavy atom. The minimum absolute atomic E-state index is 0. The Morgan fingerprint density at radius 1 is 1.35 bits per heavy atom. The second kappa shape index (κ2) is 8.20. The van der Waals surface area contributed by atoms with Gasteiger partial charge in [0.2, 0.25) is 5.91 Å². The first-order valence-corrected chi connectivity index (χ1v) is 7.78. The molecular formula is C15H29ClN2O2. The second-order valence-electron chi connectivity index (χ2n) is 6.16. The lowest BCUT2D eigenvalue weighted by atomic mass is 9.82. The molecule has 2 fully saturated rings. The molecule has 1 saturated heterocycles. The van der Waals surface area contributed by atoms with Gasteiger partial charge in [-0.2, -0.15) is 0 Å². The summed E-state index contributed by atoms with van der Waals surface area (Å²) in [6, 6.07) is 0.472. The smallest absolute Gasteiger partial charge is 0.223 e. The summed E-state index contributed by atoms with van der Waals surface area (Å²) in [5, 5.41) is 0. The molecule has 4 nitrogen and oxygen atoms in total. The second-order valence-corrected chi connectivity index (χ2v) is 6.16. The summed E-state index contributed by atoms with van der Waals surface area (Å²) in [6.07, 6.45) is 6.39. The Morgan fingerprint density at radius 3 is 2.70 bits per heavy atom. The van der Waals surface area contributed by atoms with Crippen LogP contribution in [0.5, 0.6) is 0 Å². The standard InChI is InChI=1S/C15H28N2O2.ClH/c1-3-13-10-19-11(2)9-17(13)15(18)8-12-6-4-5-7-14(12)16;/h11-14H,3-10,16H2,1-2H3;1H. The van der Waals surface area contributed by atoms with Crippen LogP contribution in [-0.2, 0) is 9.53 Å². The van der Waals surface area contributed by atoms with E-state index in [2.05, 4.69) is 6.92 Å². The lowest BCUT2D eigenvalue weighted by Gasteiger charge is -2.39. The fourth-order valence-electron chi connectivity index (χ4n) is 3.32. The zero-order chi connectivity index (χ0) is 13.8. The van der Waals surface area contributed by atoms with E-state index in [9.17, 15) is 4.79 Å². The molecule has 4 unspecified atom stereocenters. The van der Waals surface area contributed by atoms with Gasteiger partial charge in [-0.05, 0) is 32.1 Å². The molecule has 2 N–H and O–H groups in total. The van der Waals surface area contributed by atoms with E-state index in [1.165, 1.54) is 12.8 Å². The lowest BCUT2D eigenvalue weighted by Crippen LogP contribution is -2.52. The van der Waals surface area contributed by atoms with Crippen LogP contribution in [0.15, 0.2) is 0 Å². The number of ether oxygens (including phenoxy) is 1. The van der Waals surface area contributed by atoms with E-state index in [4.69, 9.17) is 10.5 Å². The summed E-state index contributed by atoms with van der Waals surface area (Å²) < 4.78 is 5.65. The number of amides is 1. The summed E-state index contributed by atoms with van der Waals surface area (Å²) in [5.41, 5.74) is 6.16. The van der Waals surface area contributed by atoms with Crippen LogP contribution in [0.1, 0.15) is 52.4 Å². The van der Waals surface area contributed by atoms with Gasteiger partial charge in [0, 0.05) is 19.0 Å². The van der Waals surface area contributed by atoms with Crippen molar-refractivity contribution in [1.82, 2.24) is 4.90 Å². The number of morpholine rings is 1. The van der Waals surface area contributed by atoms with Gasteiger partial charge >= 0.3 is 0 Å². The molecule has 1 saturated carbocycles. The van der Waals surface area contributed by atoms with Gasteiger partial charge in [0.25, 0.3) is 0 Å². The lowest BCUT2D eigenvalue weighted by molar-refractivity contribution is -0.145. The highest BCUT2D eigenvalue weighted by Crippen LogP contribution is 2.27. The molecule has 1 amide bonds. The topological polar surface area (TPSA) is 55.6 Å². The number of hydrogen-bond acceptors (Lipinski definition) is 3. The third-order valence-corrected chi connectivity index (χ3v) is 4.66. The zero-order valence-corrected chi connectivity index (χ0v) is 13.5. The molecule has 2 rings (SSSR count). The van der Waals surface area contributed by atoms with E-state index in [0.29, 0.717) is 18.9 Å². The summed E-state index contributed by atoms with van der Waals surface area (Å²) in [4.78, 5) is 14.6. The van der Waals surface area contributed by atoms with Crippen LogP contribution in [-0.4, -0.2) is 42.1 Å². The van der Waals surface area contributed by atoms with E-state index in [-0.39, 0.29) is 36.5 Å². The zero-order valence-electron chi connectivity index (χ0n) is 12.7. The fraction of sp³-hybridized carbons (Fsp3) is 0.933. The number of nitrogens with two attached hydrogens (primary N) is 1. The molecule has 1 aliphatic heterocycles. The Labute approximate surface area is 128 Å². The normalized spacial score (nSPS) is 34.5. The maximum Gasteiger partial charge on any atom is 0.223 e.